The van der Waals surface area contributed by atoms with Crippen LogP contribution >= 0.6 is 11.3 Å². The average molecular weight is 457 g/mol. The van der Waals surface area contributed by atoms with Crippen LogP contribution in [0.5, 0.6) is 0 Å². The molecule has 1 aromatic heterocycles. The maximum Gasteiger partial charge on any atom is 0.490 e. The molecule has 1 aromatic carbocycles. The zero-order chi connectivity index (χ0) is 22.9. The van der Waals surface area contributed by atoms with E-state index in [4.69, 9.17) is 15.6 Å². The molecule has 2 heterocycles. The predicted octanol–water partition coefficient (Wildman–Crippen LogP) is 2.15. The van der Waals surface area contributed by atoms with Gasteiger partial charge in [-0.25, -0.2) is 4.79 Å². The van der Waals surface area contributed by atoms with Gasteiger partial charge in [0, 0.05) is 32.7 Å². The fraction of sp³-hybridized carbons (Fsp3) is 0.368. The Morgan fingerprint density at radius 2 is 1.74 bits per heavy atom. The Morgan fingerprint density at radius 3 is 2.26 bits per heavy atom. The molecule has 0 atom stereocenters. The van der Waals surface area contributed by atoms with Crippen LogP contribution in [-0.4, -0.2) is 75.9 Å². The van der Waals surface area contributed by atoms with Crippen LogP contribution in [-0.2, 0) is 16.0 Å². The van der Waals surface area contributed by atoms with Crippen LogP contribution in [0.15, 0.2) is 36.4 Å². The quantitative estimate of drug-likeness (QED) is 0.707. The lowest BCUT2D eigenvalue weighted by Crippen LogP contribution is -2.49. The summed E-state index contributed by atoms with van der Waals surface area (Å²) in [5.74, 6) is -2.65. The molecule has 1 saturated heterocycles. The molecule has 12 heteroatoms. The van der Waals surface area contributed by atoms with Gasteiger partial charge in [-0.2, -0.15) is 13.2 Å². The van der Waals surface area contributed by atoms with Crippen molar-refractivity contribution in [1.29, 1.82) is 0 Å². The lowest BCUT2D eigenvalue weighted by Gasteiger charge is -2.34. The van der Waals surface area contributed by atoms with Gasteiger partial charge < -0.3 is 15.7 Å². The Balaban J connectivity index is 0.000000423. The molecule has 0 aliphatic carbocycles. The van der Waals surface area contributed by atoms with Gasteiger partial charge in [-0.15, -0.1) is 10.2 Å². The zero-order valence-corrected chi connectivity index (χ0v) is 17.3. The van der Waals surface area contributed by atoms with Gasteiger partial charge in [-0.1, -0.05) is 53.8 Å². The van der Waals surface area contributed by atoms with Crippen molar-refractivity contribution in [3.05, 3.63) is 47.0 Å². The number of halogens is 3. The van der Waals surface area contributed by atoms with Crippen LogP contribution in [0.1, 0.15) is 10.6 Å². The largest absolute Gasteiger partial charge is 0.490 e. The number of nitrogens with two attached hydrogens (primary N) is 1. The third kappa shape index (κ3) is 8.72. The summed E-state index contributed by atoms with van der Waals surface area (Å²) < 4.78 is 31.7. The fourth-order valence-corrected chi connectivity index (χ4v) is 3.26. The van der Waals surface area contributed by atoms with Crippen molar-refractivity contribution in [3.8, 4) is 0 Å². The Bertz CT molecular complexity index is 881. The van der Waals surface area contributed by atoms with Gasteiger partial charge in [-0.05, 0) is 5.56 Å². The summed E-state index contributed by atoms with van der Waals surface area (Å²) in [5.41, 5.74) is 6.76. The minimum absolute atomic E-state index is 0.102. The number of carboxylic acid groups (broad SMARTS) is 1. The van der Waals surface area contributed by atoms with Crippen molar-refractivity contribution in [2.45, 2.75) is 12.6 Å². The molecule has 1 amide bonds. The number of aliphatic carboxylic acids is 1. The van der Waals surface area contributed by atoms with E-state index < -0.39 is 12.1 Å². The molecule has 0 radical (unpaired) electrons. The minimum Gasteiger partial charge on any atom is -0.475 e. The number of amides is 1. The van der Waals surface area contributed by atoms with Crippen LogP contribution in [0, 0.1) is 0 Å². The summed E-state index contributed by atoms with van der Waals surface area (Å²) in [6.07, 6.45) is -0.475. The Morgan fingerprint density at radius 1 is 1.13 bits per heavy atom. The molecule has 0 saturated carbocycles. The summed E-state index contributed by atoms with van der Waals surface area (Å²) in [5, 5.41) is 15.9. The fourth-order valence-electron chi connectivity index (χ4n) is 2.66. The molecular formula is C19H22F3N5O3S. The molecule has 2 aromatic rings. The number of benzene rings is 1. The second kappa shape index (κ2) is 11.4. The van der Waals surface area contributed by atoms with E-state index in [2.05, 4.69) is 39.4 Å². The van der Waals surface area contributed by atoms with Crippen LogP contribution in [0.25, 0.3) is 6.08 Å². The van der Waals surface area contributed by atoms with Gasteiger partial charge in [-0.3, -0.25) is 9.69 Å². The highest BCUT2D eigenvalue weighted by Gasteiger charge is 2.38. The van der Waals surface area contributed by atoms with E-state index in [0.29, 0.717) is 16.6 Å². The van der Waals surface area contributed by atoms with E-state index in [1.165, 1.54) is 16.9 Å². The highest BCUT2D eigenvalue weighted by Crippen LogP contribution is 2.14. The maximum atomic E-state index is 12.3. The number of carbonyl (C=O) groups is 2. The third-order valence-electron chi connectivity index (χ3n) is 4.23. The molecule has 0 bridgehead atoms. The van der Waals surface area contributed by atoms with Gasteiger partial charge >= 0.3 is 12.1 Å². The lowest BCUT2D eigenvalue weighted by atomic mass is 10.2. The third-order valence-corrected chi connectivity index (χ3v) is 4.98. The molecule has 1 aliphatic heterocycles. The van der Waals surface area contributed by atoms with Gasteiger partial charge in [0.25, 0.3) is 0 Å². The lowest BCUT2D eigenvalue weighted by molar-refractivity contribution is -0.192. The van der Waals surface area contributed by atoms with E-state index in [-0.39, 0.29) is 5.91 Å². The van der Waals surface area contributed by atoms with Gasteiger partial charge in [0.05, 0.1) is 6.42 Å². The van der Waals surface area contributed by atoms with Crippen molar-refractivity contribution in [3.63, 3.8) is 0 Å². The van der Waals surface area contributed by atoms with E-state index in [1.54, 1.807) is 0 Å². The van der Waals surface area contributed by atoms with E-state index in [0.717, 1.165) is 32.7 Å². The first-order valence-electron chi connectivity index (χ1n) is 9.25. The molecule has 3 rings (SSSR count). The number of hydrogen-bond donors (Lipinski definition) is 2. The molecule has 168 valence electrons. The molecule has 8 nitrogen and oxygen atoms in total. The van der Waals surface area contributed by atoms with Gasteiger partial charge in [0.1, 0.15) is 5.01 Å². The van der Waals surface area contributed by atoms with Crippen LogP contribution in [0.3, 0.4) is 0 Å². The first-order valence-corrected chi connectivity index (χ1v) is 10.1. The standard InChI is InChI=1S/C17H21N5OS.C2HF3O2/c18-17-20-19-15(24-17)13-16(23)22-11-9-21(10-12-22)8-4-7-14-5-2-1-3-6-14;3-2(4,5)1(6)7/h1-7H,8-13H2,(H2,18,20);(H,6,7)/b7-4+;. The number of nitrogen functional groups attached to an aromatic ring is 1. The number of aromatic nitrogens is 2. The Hall–Kier alpha value is -2.99. The smallest absolute Gasteiger partial charge is 0.475 e. The van der Waals surface area contributed by atoms with E-state index >= 15 is 0 Å². The van der Waals surface area contributed by atoms with E-state index in [1.807, 2.05) is 23.1 Å². The van der Waals surface area contributed by atoms with Gasteiger partial charge in [0.15, 0.2) is 0 Å². The SMILES string of the molecule is Nc1nnc(CC(=O)N2CCN(C/C=C/c3ccccc3)CC2)s1.O=C(O)C(F)(F)F. The number of nitrogens with zero attached hydrogens (tertiary/aromatic N) is 4. The summed E-state index contributed by atoms with van der Waals surface area (Å²) in [7, 11) is 0. The second-order valence-corrected chi connectivity index (χ2v) is 7.60. The van der Waals surface area contributed by atoms with Crippen molar-refractivity contribution in [1.82, 2.24) is 20.0 Å². The number of anilines is 1. The summed E-state index contributed by atoms with van der Waals surface area (Å²) in [4.78, 5) is 25.4. The molecule has 0 spiro atoms. The Labute approximate surface area is 180 Å². The van der Waals surface area contributed by atoms with Crippen molar-refractivity contribution < 1.29 is 27.9 Å². The molecule has 3 N–H and O–H groups in total. The number of alkyl halides is 3. The minimum atomic E-state index is -5.08. The number of carboxylic acids is 1. The molecule has 0 unspecified atom stereocenters. The highest BCUT2D eigenvalue weighted by molar-refractivity contribution is 7.15. The van der Waals surface area contributed by atoms with Crippen LogP contribution in [0.2, 0.25) is 0 Å². The second-order valence-electron chi connectivity index (χ2n) is 6.51. The predicted molar refractivity (Wildman–Crippen MR) is 110 cm³/mol. The van der Waals surface area contributed by atoms with Crippen molar-refractivity contribution >= 4 is 34.4 Å². The van der Waals surface area contributed by atoms with Crippen LogP contribution in [0.4, 0.5) is 18.3 Å². The number of rotatable bonds is 5. The molecule has 1 aliphatic rings. The Kier molecular flexibility index (Phi) is 8.94. The highest BCUT2D eigenvalue weighted by atomic mass is 32.1. The normalized spacial score (nSPS) is 14.9. The molecule has 1 fully saturated rings. The summed E-state index contributed by atoms with van der Waals surface area (Å²) in [6.45, 7) is 4.20. The summed E-state index contributed by atoms with van der Waals surface area (Å²) in [6, 6.07) is 10.3. The van der Waals surface area contributed by atoms with Crippen LogP contribution < -0.4 is 5.73 Å². The summed E-state index contributed by atoms with van der Waals surface area (Å²) >= 11 is 1.28. The zero-order valence-electron chi connectivity index (χ0n) is 16.5. The van der Waals surface area contributed by atoms with Crippen molar-refractivity contribution in [2.75, 3.05) is 38.5 Å². The van der Waals surface area contributed by atoms with E-state index in [9.17, 15) is 18.0 Å². The van der Waals surface area contributed by atoms with Crippen molar-refractivity contribution in [2.24, 2.45) is 0 Å². The monoisotopic (exact) mass is 457 g/mol. The number of hydrogen-bond acceptors (Lipinski definition) is 7. The first-order chi connectivity index (χ1) is 14.6. The first kappa shape index (κ1) is 24.3. The van der Waals surface area contributed by atoms with Gasteiger partial charge in [0.2, 0.25) is 11.0 Å². The average Bonchev–Trinajstić information content (AvgIpc) is 3.13. The maximum absolute atomic E-state index is 12.3. The topological polar surface area (TPSA) is 113 Å². The number of piperazine rings is 1. The molecular weight excluding hydrogens is 435 g/mol. The number of carbonyl (C=O) groups excluding carboxylic acids is 1. The molecule has 31 heavy (non-hydrogen) atoms.